The summed E-state index contributed by atoms with van der Waals surface area (Å²) >= 11 is 0. The first kappa shape index (κ1) is 29.8. The highest BCUT2D eigenvalue weighted by molar-refractivity contribution is 5.72. The predicted molar refractivity (Wildman–Crippen MR) is 152 cm³/mol. The average Bonchev–Trinajstić information content (AvgIpc) is 3.07. The van der Waals surface area contributed by atoms with Crippen molar-refractivity contribution in [1.29, 1.82) is 0 Å². The molecule has 38 heavy (non-hydrogen) atoms. The molecule has 3 N–H and O–H groups in total. The van der Waals surface area contributed by atoms with Crippen LogP contribution in [0.5, 0.6) is 0 Å². The van der Waals surface area contributed by atoms with Gasteiger partial charge >= 0.3 is 5.54 Å². The van der Waals surface area contributed by atoms with E-state index in [-0.39, 0.29) is 34.7 Å². The molecule has 0 bridgehead atoms. The van der Waals surface area contributed by atoms with Crippen molar-refractivity contribution in [3.63, 3.8) is 0 Å². The van der Waals surface area contributed by atoms with Gasteiger partial charge in [-0.15, -0.1) is 5.41 Å². The van der Waals surface area contributed by atoms with Crippen molar-refractivity contribution in [2.45, 2.75) is 153 Å². The molecule has 6 heteroatoms. The van der Waals surface area contributed by atoms with Gasteiger partial charge in [0.05, 0.1) is 12.2 Å². The summed E-state index contributed by atoms with van der Waals surface area (Å²) in [5, 5.41) is 24.6. The van der Waals surface area contributed by atoms with Gasteiger partial charge in [0.25, 0.3) is 6.57 Å². The van der Waals surface area contributed by atoms with E-state index in [9.17, 15) is 15.0 Å². The third-order valence-electron chi connectivity index (χ3n) is 11.7. The third kappa shape index (κ3) is 4.63. The van der Waals surface area contributed by atoms with Crippen LogP contribution in [0, 0.1) is 36.2 Å². The van der Waals surface area contributed by atoms with E-state index in [4.69, 9.17) is 23.1 Å². The van der Waals surface area contributed by atoms with E-state index in [2.05, 4.69) is 26.1 Å². The highest BCUT2D eigenvalue weighted by Gasteiger charge is 2.87. The number of ether oxygens (including phenoxy) is 1. The predicted octanol–water partition coefficient (Wildman–Crippen LogP) is 6.04. The smallest absolute Gasteiger partial charge is 0.334 e. The molecule has 4 fully saturated rings. The number of fused-ring (bicyclic) bond motifs is 2. The van der Waals surface area contributed by atoms with Crippen molar-refractivity contribution >= 4 is 5.91 Å². The minimum absolute atomic E-state index is 0.0214. The van der Waals surface area contributed by atoms with E-state index < -0.39 is 22.8 Å². The first-order chi connectivity index (χ1) is 17.9. The molecule has 9 atom stereocenters. The Bertz CT molecular complexity index is 904. The topological polar surface area (TPSA) is 83.2 Å². The number of unbranched alkanes of at least 4 members (excludes halogenated alkanes) is 4. The van der Waals surface area contributed by atoms with Crippen LogP contribution in [0.1, 0.15) is 124 Å². The Kier molecular flexibility index (Phi) is 8.64. The van der Waals surface area contributed by atoms with Gasteiger partial charge in [-0.25, -0.2) is 0 Å². The number of hydrogen-bond acceptors (Lipinski definition) is 4. The Morgan fingerprint density at radius 2 is 1.82 bits per heavy atom. The minimum atomic E-state index is -0.493. The molecule has 0 spiro atoms. The van der Waals surface area contributed by atoms with Gasteiger partial charge in [0.15, 0.2) is 5.60 Å². The van der Waals surface area contributed by atoms with Gasteiger partial charge in [0, 0.05) is 19.9 Å². The van der Waals surface area contributed by atoms with Crippen LogP contribution in [0.3, 0.4) is 0 Å². The molecular weight excluding hydrogens is 476 g/mol. The maximum absolute atomic E-state index is 11.4. The summed E-state index contributed by atoms with van der Waals surface area (Å²) < 4.78 is 7.17. The average molecular weight is 531 g/mol. The summed E-state index contributed by atoms with van der Waals surface area (Å²) in [6, 6.07) is 0. The van der Waals surface area contributed by atoms with E-state index in [1.807, 2.05) is 0 Å². The maximum atomic E-state index is 11.4. The van der Waals surface area contributed by atoms with Crippen LogP contribution < -0.4 is 5.32 Å². The molecule has 4 rings (SSSR count). The highest BCUT2D eigenvalue weighted by atomic mass is 16.6. The lowest BCUT2D eigenvalue weighted by Gasteiger charge is -2.68. The van der Waals surface area contributed by atoms with Gasteiger partial charge in [-0.2, -0.15) is 0 Å². The third-order valence-corrected chi connectivity index (χ3v) is 11.7. The van der Waals surface area contributed by atoms with Crippen LogP contribution in [0.25, 0.3) is 4.85 Å². The van der Waals surface area contributed by atoms with Gasteiger partial charge in [-0.05, 0) is 69.6 Å². The SMILES string of the molecule is C#[N+]C12CCC([CH2-])(C3CC(O)C4CC(O)CCC4(C)C3)C1(CCCC)OC2(C)CCCCCCNC(C)=O. The van der Waals surface area contributed by atoms with Gasteiger partial charge in [-0.3, -0.25) is 4.79 Å². The van der Waals surface area contributed by atoms with Gasteiger partial charge in [-0.1, -0.05) is 63.1 Å². The first-order valence-corrected chi connectivity index (χ1v) is 15.5. The Labute approximate surface area is 231 Å². The van der Waals surface area contributed by atoms with E-state index in [1.165, 1.54) is 0 Å². The van der Waals surface area contributed by atoms with Crippen molar-refractivity contribution in [2.24, 2.45) is 22.7 Å². The Morgan fingerprint density at radius 1 is 1.08 bits per heavy atom. The minimum Gasteiger partial charge on any atom is -0.393 e. The van der Waals surface area contributed by atoms with Crippen LogP contribution in [-0.4, -0.2) is 51.6 Å². The number of amides is 1. The number of hydrogen-bond donors (Lipinski definition) is 3. The molecule has 4 aliphatic rings. The number of carbonyl (C=O) groups is 1. The fourth-order valence-corrected chi connectivity index (χ4v) is 9.53. The van der Waals surface area contributed by atoms with E-state index in [0.717, 1.165) is 96.4 Å². The second kappa shape index (κ2) is 11.0. The molecule has 1 aliphatic heterocycles. The standard InChI is InChI=1S/C32H54N2O4/c1-7-8-15-32-29(4,24-20-27(37)26-21-25(36)13-16-28(26,3)22-24)17-18-31(32,33-6)30(5,38-32)14-11-9-10-12-19-34-23(2)35/h6,24-27,36-37H,4,7-22H2,1-3,5H3,(H,34,35). The quantitative estimate of drug-likeness (QED) is 0.224. The number of nitrogens with zero attached hydrogens (tertiary/aromatic N) is 1. The molecule has 0 aromatic carbocycles. The summed E-state index contributed by atoms with van der Waals surface area (Å²) in [7, 11) is 0. The highest BCUT2D eigenvalue weighted by Crippen LogP contribution is 2.75. The molecule has 9 unspecified atom stereocenters. The van der Waals surface area contributed by atoms with Crippen molar-refractivity contribution in [2.75, 3.05) is 6.54 Å². The first-order valence-electron chi connectivity index (χ1n) is 15.5. The molecule has 0 radical (unpaired) electrons. The van der Waals surface area contributed by atoms with Crippen molar-refractivity contribution in [3.8, 4) is 6.57 Å². The van der Waals surface area contributed by atoms with Crippen LogP contribution in [0.15, 0.2) is 0 Å². The number of rotatable bonds is 11. The Morgan fingerprint density at radius 3 is 2.50 bits per heavy atom. The normalized spacial score (nSPS) is 45.9. The lowest BCUT2D eigenvalue weighted by molar-refractivity contribution is -0.344. The van der Waals surface area contributed by atoms with E-state index >= 15 is 0 Å². The molecule has 3 aliphatic carbocycles. The molecule has 216 valence electrons. The van der Waals surface area contributed by atoms with Crippen molar-refractivity contribution in [1.82, 2.24) is 5.32 Å². The monoisotopic (exact) mass is 530 g/mol. The second-order valence-electron chi connectivity index (χ2n) is 13.9. The lowest BCUT2D eigenvalue weighted by Crippen LogP contribution is -2.80. The zero-order chi connectivity index (χ0) is 27.8. The summed E-state index contributed by atoms with van der Waals surface area (Å²) in [6.45, 7) is 20.4. The molecule has 3 saturated carbocycles. The summed E-state index contributed by atoms with van der Waals surface area (Å²) in [5.74, 6) is 0.429. The number of aliphatic hydroxyl groups excluding tert-OH is 2. The van der Waals surface area contributed by atoms with Crippen LogP contribution in [0.2, 0.25) is 0 Å². The molecule has 0 aromatic rings. The maximum Gasteiger partial charge on any atom is 0.334 e. The number of aliphatic hydroxyl groups is 2. The molecule has 6 nitrogen and oxygen atoms in total. The summed E-state index contributed by atoms with van der Waals surface area (Å²) in [6.07, 6.45) is 13.5. The number of nitrogens with one attached hydrogen (secondary N) is 1. The number of carbonyl (C=O) groups excluding carboxylic acids is 1. The molecule has 0 aromatic heterocycles. The van der Waals surface area contributed by atoms with Crippen LogP contribution in [0.4, 0.5) is 0 Å². The lowest BCUT2D eigenvalue weighted by atomic mass is 9.47. The summed E-state index contributed by atoms with van der Waals surface area (Å²) in [5.41, 5.74) is -1.66. The molecular formula is C32H54N2O4. The second-order valence-corrected chi connectivity index (χ2v) is 13.9. The molecule has 1 amide bonds. The molecule has 1 heterocycles. The van der Waals surface area contributed by atoms with Gasteiger partial charge < -0.3 is 27.2 Å². The van der Waals surface area contributed by atoms with E-state index in [1.54, 1.807) is 6.92 Å². The molecule has 1 saturated heterocycles. The zero-order valence-corrected chi connectivity index (χ0v) is 24.6. The van der Waals surface area contributed by atoms with Gasteiger partial charge in [0.1, 0.15) is 5.60 Å². The Balaban J connectivity index is 1.51. The largest absolute Gasteiger partial charge is 0.393 e. The van der Waals surface area contributed by atoms with Crippen molar-refractivity contribution in [3.05, 3.63) is 11.8 Å². The zero-order valence-electron chi connectivity index (χ0n) is 24.6. The fourth-order valence-electron chi connectivity index (χ4n) is 9.53. The van der Waals surface area contributed by atoms with Crippen LogP contribution >= 0.6 is 0 Å². The fraction of sp³-hybridized carbons (Fsp3) is 0.906. The van der Waals surface area contributed by atoms with Crippen LogP contribution in [-0.2, 0) is 9.53 Å². The van der Waals surface area contributed by atoms with Gasteiger partial charge in [0.2, 0.25) is 5.91 Å². The van der Waals surface area contributed by atoms with E-state index in [0.29, 0.717) is 6.42 Å². The Hall–Kier alpha value is -1.16. The summed E-state index contributed by atoms with van der Waals surface area (Å²) in [4.78, 5) is 15.8. The van der Waals surface area contributed by atoms with Crippen molar-refractivity contribution < 1.29 is 19.7 Å².